The second kappa shape index (κ2) is 11.9. The maximum Gasteiger partial charge on any atom is 0.205 e. The number of aliphatic hydroxyl groups excluding tert-OH is 1. The molecule has 0 amide bonds. The van der Waals surface area contributed by atoms with Crippen molar-refractivity contribution in [3.8, 4) is 28.7 Å². The van der Waals surface area contributed by atoms with Crippen molar-refractivity contribution in [1.82, 2.24) is 0 Å². The molecule has 2 aliphatic heterocycles. The fourth-order valence-electron chi connectivity index (χ4n) is 6.84. The summed E-state index contributed by atoms with van der Waals surface area (Å²) in [4.78, 5) is 0. The van der Waals surface area contributed by atoms with Crippen LogP contribution in [0.5, 0.6) is 28.7 Å². The molecule has 0 radical (unpaired) electrons. The highest BCUT2D eigenvalue weighted by Crippen LogP contribution is 2.59. The van der Waals surface area contributed by atoms with Crippen molar-refractivity contribution in [3.63, 3.8) is 0 Å². The Morgan fingerprint density at radius 2 is 1.62 bits per heavy atom. The first kappa shape index (κ1) is 29.5. The van der Waals surface area contributed by atoms with E-state index >= 15 is 0 Å². The summed E-state index contributed by atoms with van der Waals surface area (Å²) < 4.78 is 32.2. The van der Waals surface area contributed by atoms with Crippen LogP contribution in [0.2, 0.25) is 16.6 Å². The number of allylic oxidation sites excluding steroid dienone is 1. The summed E-state index contributed by atoms with van der Waals surface area (Å²) in [6.45, 7) is 15.9. The molecule has 2 heterocycles. The Hall–Kier alpha value is -2.48. The maximum absolute atomic E-state index is 10.2. The molecular formula is C32H46O6Si. The number of unbranched alkanes of at least 4 members (excludes halogenated alkanes) is 1. The van der Waals surface area contributed by atoms with Gasteiger partial charge in [-0.05, 0) is 47.2 Å². The zero-order valence-corrected chi connectivity index (χ0v) is 26.1. The normalized spacial score (nSPS) is 19.2. The summed E-state index contributed by atoms with van der Waals surface area (Å²) in [6, 6.07) is 7.85. The fraction of sp³-hybridized carbons (Fsp3) is 0.562. The van der Waals surface area contributed by atoms with Crippen LogP contribution in [0.25, 0.3) is 5.57 Å². The van der Waals surface area contributed by atoms with Crippen LogP contribution < -0.4 is 18.9 Å². The third-order valence-electron chi connectivity index (χ3n) is 8.47. The summed E-state index contributed by atoms with van der Waals surface area (Å²) in [6.07, 6.45) is 4.17. The number of hydrogen-bond acceptors (Lipinski definition) is 6. The lowest BCUT2D eigenvalue weighted by molar-refractivity contribution is -0.0149. The number of fused-ring (bicyclic) bond motifs is 4. The van der Waals surface area contributed by atoms with Gasteiger partial charge in [-0.25, -0.2) is 0 Å². The van der Waals surface area contributed by atoms with Gasteiger partial charge in [-0.1, -0.05) is 67.0 Å². The molecular weight excluding hydrogens is 508 g/mol. The van der Waals surface area contributed by atoms with E-state index < -0.39 is 14.6 Å². The minimum atomic E-state index is -2.27. The molecule has 0 fully saturated rings. The predicted octanol–water partition coefficient (Wildman–Crippen LogP) is 8.42. The van der Waals surface area contributed by atoms with Crippen molar-refractivity contribution in [2.24, 2.45) is 0 Å². The van der Waals surface area contributed by atoms with Gasteiger partial charge in [-0.15, -0.1) is 0 Å². The quantitative estimate of drug-likeness (QED) is 0.240. The van der Waals surface area contributed by atoms with E-state index in [-0.39, 0.29) is 12.5 Å². The van der Waals surface area contributed by atoms with E-state index in [0.29, 0.717) is 34.5 Å². The molecule has 2 aromatic carbocycles. The largest absolute Gasteiger partial charge is 0.496 e. The van der Waals surface area contributed by atoms with Gasteiger partial charge in [0, 0.05) is 18.2 Å². The third-order valence-corrected chi connectivity index (χ3v) is 14.5. The maximum atomic E-state index is 10.2. The van der Waals surface area contributed by atoms with E-state index in [0.717, 1.165) is 52.4 Å². The number of methoxy groups -OCH3 is 2. The Morgan fingerprint density at radius 1 is 0.949 bits per heavy atom. The second-order valence-electron chi connectivity index (χ2n) is 11.6. The van der Waals surface area contributed by atoms with E-state index in [2.05, 4.69) is 54.5 Å². The summed E-state index contributed by atoms with van der Waals surface area (Å²) in [5, 5.41) is 10.2. The van der Waals surface area contributed by atoms with Gasteiger partial charge in [0.05, 0.1) is 31.3 Å². The van der Waals surface area contributed by atoms with Gasteiger partial charge in [-0.3, -0.25) is 0 Å². The van der Waals surface area contributed by atoms with Crippen molar-refractivity contribution < 1.29 is 28.5 Å². The summed E-state index contributed by atoms with van der Waals surface area (Å²) in [7, 11) is 1.10. The molecule has 0 spiro atoms. The number of hydrogen-bond donors (Lipinski definition) is 1. The van der Waals surface area contributed by atoms with Gasteiger partial charge >= 0.3 is 0 Å². The fourth-order valence-corrected chi connectivity index (χ4v) is 12.3. The van der Waals surface area contributed by atoms with Gasteiger partial charge in [0.15, 0.2) is 6.29 Å². The molecule has 0 aliphatic carbocycles. The van der Waals surface area contributed by atoms with Crippen molar-refractivity contribution in [2.45, 2.75) is 96.6 Å². The van der Waals surface area contributed by atoms with Crippen LogP contribution in [0.4, 0.5) is 0 Å². The van der Waals surface area contributed by atoms with Gasteiger partial charge in [0.1, 0.15) is 28.7 Å². The van der Waals surface area contributed by atoms with Crippen molar-refractivity contribution in [3.05, 3.63) is 47.0 Å². The SMILES string of the molecule is CCC/C=C1\c2c(OC)cccc2Oc2c1c(OC)cc1c2C(CCO)C(O[Si](C(C)C)(C(C)C)C(C)C)O1. The van der Waals surface area contributed by atoms with Crippen LogP contribution in [-0.4, -0.2) is 40.5 Å². The number of ether oxygens (including phenoxy) is 4. The van der Waals surface area contributed by atoms with Crippen LogP contribution in [0.15, 0.2) is 30.3 Å². The molecule has 0 saturated heterocycles. The monoisotopic (exact) mass is 554 g/mol. The van der Waals surface area contributed by atoms with Crippen LogP contribution in [0.3, 0.4) is 0 Å². The molecule has 2 atom stereocenters. The van der Waals surface area contributed by atoms with E-state index in [4.69, 9.17) is 23.4 Å². The highest BCUT2D eigenvalue weighted by atomic mass is 28.4. The first-order valence-corrected chi connectivity index (χ1v) is 16.6. The van der Waals surface area contributed by atoms with Crippen molar-refractivity contribution in [2.75, 3.05) is 20.8 Å². The van der Waals surface area contributed by atoms with Gasteiger partial charge in [-0.2, -0.15) is 0 Å². The third kappa shape index (κ3) is 4.98. The Morgan fingerprint density at radius 3 is 2.18 bits per heavy atom. The Kier molecular flexibility index (Phi) is 9.04. The van der Waals surface area contributed by atoms with Gasteiger partial charge in [0.25, 0.3) is 0 Å². The van der Waals surface area contributed by atoms with E-state index in [1.165, 1.54) is 0 Å². The first-order chi connectivity index (χ1) is 18.7. The van der Waals surface area contributed by atoms with Crippen molar-refractivity contribution in [1.29, 1.82) is 0 Å². The number of rotatable bonds is 11. The molecule has 2 unspecified atom stereocenters. The van der Waals surface area contributed by atoms with Gasteiger partial charge < -0.3 is 28.5 Å². The topological polar surface area (TPSA) is 66.4 Å². The lowest BCUT2D eigenvalue weighted by Gasteiger charge is -2.44. The number of benzene rings is 2. The number of aliphatic hydroxyl groups is 1. The lowest BCUT2D eigenvalue weighted by atomic mass is 9.86. The molecule has 2 aliphatic rings. The van der Waals surface area contributed by atoms with E-state index in [1.807, 2.05) is 24.3 Å². The summed E-state index contributed by atoms with van der Waals surface area (Å²) in [5.41, 5.74) is 5.02. The molecule has 2 aromatic rings. The Bertz CT molecular complexity index is 1180. The second-order valence-corrected chi connectivity index (χ2v) is 17.0. The highest BCUT2D eigenvalue weighted by molar-refractivity contribution is 6.77. The van der Waals surface area contributed by atoms with E-state index in [1.54, 1.807) is 14.2 Å². The molecule has 6 nitrogen and oxygen atoms in total. The smallest absolute Gasteiger partial charge is 0.205 e. The Labute approximate surface area is 235 Å². The standard InChI is InChI=1S/C32H46O6Si/c1-10-11-13-22-28-24(34-8)14-12-15-25(28)36-31-29(22)26(35-9)18-27-30(31)23(16-17-33)32(37-27)38-39(19(2)3,20(4)5)21(6)7/h12-15,18-21,23,32-33H,10-11,16-17H2,1-9H3/b22-13+. The zero-order chi connectivity index (χ0) is 28.5. The van der Waals surface area contributed by atoms with Crippen LogP contribution in [0, 0.1) is 0 Å². The molecule has 39 heavy (non-hydrogen) atoms. The summed E-state index contributed by atoms with van der Waals surface area (Å²) in [5.74, 6) is 3.44. The summed E-state index contributed by atoms with van der Waals surface area (Å²) >= 11 is 0. The van der Waals surface area contributed by atoms with Crippen LogP contribution >= 0.6 is 0 Å². The molecule has 0 saturated carbocycles. The first-order valence-electron chi connectivity index (χ1n) is 14.4. The zero-order valence-electron chi connectivity index (χ0n) is 25.1. The molecule has 7 heteroatoms. The van der Waals surface area contributed by atoms with Crippen LogP contribution in [0.1, 0.15) is 90.3 Å². The molecule has 214 valence electrons. The minimum Gasteiger partial charge on any atom is -0.496 e. The molecule has 0 bridgehead atoms. The lowest BCUT2D eigenvalue weighted by Crippen LogP contribution is -2.51. The van der Waals surface area contributed by atoms with Gasteiger partial charge in [0.2, 0.25) is 8.32 Å². The molecule has 0 aromatic heterocycles. The highest BCUT2D eigenvalue weighted by Gasteiger charge is 2.51. The molecule has 1 N–H and O–H groups in total. The van der Waals surface area contributed by atoms with E-state index in [9.17, 15) is 5.11 Å². The average Bonchev–Trinajstić information content (AvgIpc) is 3.24. The van der Waals surface area contributed by atoms with Crippen molar-refractivity contribution >= 4 is 13.9 Å². The minimum absolute atomic E-state index is 0.0245. The molecule has 4 rings (SSSR count). The Balaban J connectivity index is 1.92. The predicted molar refractivity (Wildman–Crippen MR) is 159 cm³/mol. The average molecular weight is 555 g/mol. The van der Waals surface area contributed by atoms with Crippen LogP contribution in [-0.2, 0) is 4.43 Å².